The Morgan fingerprint density at radius 3 is 2.79 bits per heavy atom. The lowest BCUT2D eigenvalue weighted by molar-refractivity contribution is -0.0148. The van der Waals surface area contributed by atoms with E-state index >= 15 is 0 Å². The molecule has 160 valence electrons. The van der Waals surface area contributed by atoms with Gasteiger partial charge in [-0.1, -0.05) is 12.1 Å². The Kier molecular flexibility index (Phi) is 4.37. The first-order chi connectivity index (χ1) is 14.9. The van der Waals surface area contributed by atoms with Gasteiger partial charge in [-0.2, -0.15) is 0 Å². The minimum atomic E-state index is -2.47. The number of rotatable bonds is 3. The summed E-state index contributed by atoms with van der Waals surface area (Å²) in [7, 11) is -2.47. The topological polar surface area (TPSA) is 54.0 Å². The molecule has 2 atom stereocenters. The molecule has 6 heteroatoms. The van der Waals surface area contributed by atoms with Crippen molar-refractivity contribution in [2.24, 2.45) is 0 Å². The molecule has 29 heavy (non-hydrogen) atoms. The average molecular weight is 405 g/mol. The van der Waals surface area contributed by atoms with E-state index in [0.29, 0.717) is 12.3 Å². The molecule has 3 aliphatic rings. The summed E-state index contributed by atoms with van der Waals surface area (Å²) in [6.45, 7) is 10.9. The highest BCUT2D eigenvalue weighted by Gasteiger charge is 2.55. The van der Waals surface area contributed by atoms with Crippen LogP contribution in [-0.4, -0.2) is 66.3 Å². The number of nitrogens with zero attached hydrogens (tertiary/aromatic N) is 2. The van der Waals surface area contributed by atoms with E-state index in [1.807, 2.05) is 38.7 Å². The second kappa shape index (κ2) is 7.47. The van der Waals surface area contributed by atoms with E-state index < -0.39 is 12.6 Å². The third-order valence-electron chi connectivity index (χ3n) is 6.55. The maximum atomic E-state index is 12.8. The molecule has 2 saturated heterocycles. The minimum absolute atomic E-state index is 0.0963. The lowest BCUT2D eigenvalue weighted by atomic mass is 9.93. The number of hydrogen-bond acceptors (Lipinski definition) is 5. The number of amides is 1. The molecule has 0 aromatic heterocycles. The summed E-state index contributed by atoms with van der Waals surface area (Å²) in [6.07, 6.45) is 2.82. The van der Waals surface area contributed by atoms with Crippen molar-refractivity contribution in [3.63, 3.8) is 0 Å². The molecule has 0 unspecified atom stereocenters. The third kappa shape index (κ3) is 3.97. The number of carbonyl (C=O) groups is 1. The molecule has 1 spiro atoms. The molecular weight excluding hydrogens is 366 g/mol. The predicted molar refractivity (Wildman–Crippen MR) is 113 cm³/mol. The Morgan fingerprint density at radius 1 is 1.31 bits per heavy atom. The first-order valence-corrected chi connectivity index (χ1v) is 10.7. The molecule has 1 N–H and O–H groups in total. The molecule has 1 amide bonds. The zero-order chi connectivity index (χ0) is 23.3. The van der Waals surface area contributed by atoms with Crippen LogP contribution in [0.15, 0.2) is 18.2 Å². The van der Waals surface area contributed by atoms with E-state index in [1.54, 1.807) is 6.07 Å². The van der Waals surface area contributed by atoms with Crippen molar-refractivity contribution in [2.75, 3.05) is 33.2 Å². The third-order valence-corrected chi connectivity index (χ3v) is 6.55. The monoisotopic (exact) mass is 404 g/mol. The van der Waals surface area contributed by atoms with Gasteiger partial charge in [0.15, 0.2) is 0 Å². The minimum Gasteiger partial charge on any atom is -0.496 e. The van der Waals surface area contributed by atoms with Crippen LogP contribution in [0.3, 0.4) is 0 Å². The molecule has 2 heterocycles. The Labute approximate surface area is 178 Å². The molecular formula is C23H35N3O3. The van der Waals surface area contributed by atoms with Crippen molar-refractivity contribution < 1.29 is 18.4 Å². The summed E-state index contributed by atoms with van der Waals surface area (Å²) in [4.78, 5) is 17.2. The van der Waals surface area contributed by atoms with Gasteiger partial charge in [0.25, 0.3) is 0 Å². The molecule has 3 fully saturated rings. The van der Waals surface area contributed by atoms with Gasteiger partial charge >= 0.3 is 6.09 Å². The molecule has 4 rings (SSSR count). The van der Waals surface area contributed by atoms with Crippen LogP contribution in [0.5, 0.6) is 5.75 Å². The van der Waals surface area contributed by atoms with E-state index in [9.17, 15) is 4.79 Å². The zero-order valence-corrected chi connectivity index (χ0v) is 18.0. The van der Waals surface area contributed by atoms with Gasteiger partial charge in [0.1, 0.15) is 11.4 Å². The fraction of sp³-hybridized carbons (Fsp3) is 0.696. The second-order valence-electron chi connectivity index (χ2n) is 9.69. The summed E-state index contributed by atoms with van der Waals surface area (Å²) < 4.78 is 33.3. The standard InChI is InChI=1S/C23H35N3O3/c1-16-17(7-6-8-19(16)28-5)20-18(9-12-24-20)25-13-14-26(23(15-25)10-11-23)21(27)29-22(2,3)4/h6-8,18,20,24H,9-15H2,1-5H3/t18-,20-/m1/s1/i5D3. The Morgan fingerprint density at radius 2 is 2.10 bits per heavy atom. The molecule has 0 radical (unpaired) electrons. The van der Waals surface area contributed by atoms with Crippen molar-refractivity contribution in [3.05, 3.63) is 29.3 Å². The van der Waals surface area contributed by atoms with Gasteiger partial charge in [-0.05, 0) is 70.7 Å². The Balaban J connectivity index is 1.50. The highest BCUT2D eigenvalue weighted by atomic mass is 16.6. The molecule has 6 nitrogen and oxygen atoms in total. The van der Waals surface area contributed by atoms with E-state index in [-0.39, 0.29) is 23.7 Å². The van der Waals surface area contributed by atoms with Crippen molar-refractivity contribution in [1.82, 2.24) is 15.1 Å². The number of nitrogens with one attached hydrogen (secondary N) is 1. The predicted octanol–water partition coefficient (Wildman–Crippen LogP) is 3.49. The first-order valence-electron chi connectivity index (χ1n) is 12.2. The first kappa shape index (κ1) is 16.9. The number of ether oxygens (including phenoxy) is 2. The smallest absolute Gasteiger partial charge is 0.410 e. The van der Waals surface area contributed by atoms with Crippen LogP contribution in [0.2, 0.25) is 0 Å². The van der Waals surface area contributed by atoms with Crippen LogP contribution >= 0.6 is 0 Å². The molecule has 1 aliphatic carbocycles. The van der Waals surface area contributed by atoms with Crippen molar-refractivity contribution in [1.29, 1.82) is 0 Å². The highest BCUT2D eigenvalue weighted by Crippen LogP contribution is 2.46. The quantitative estimate of drug-likeness (QED) is 0.836. The molecule has 0 bridgehead atoms. The van der Waals surface area contributed by atoms with Crippen LogP contribution in [0, 0.1) is 6.92 Å². The van der Waals surface area contributed by atoms with Gasteiger partial charge in [0.05, 0.1) is 16.7 Å². The summed E-state index contributed by atoms with van der Waals surface area (Å²) >= 11 is 0. The maximum Gasteiger partial charge on any atom is 0.410 e. The summed E-state index contributed by atoms with van der Waals surface area (Å²) in [5.41, 5.74) is 1.33. The second-order valence-corrected chi connectivity index (χ2v) is 9.69. The normalized spacial score (nSPS) is 28.6. The maximum absolute atomic E-state index is 12.8. The number of methoxy groups -OCH3 is 1. The van der Waals surface area contributed by atoms with Crippen LogP contribution in [0.1, 0.15) is 61.3 Å². The zero-order valence-electron chi connectivity index (χ0n) is 21.0. The molecule has 1 aromatic rings. The van der Waals surface area contributed by atoms with Crippen LogP contribution in [0.4, 0.5) is 4.79 Å². The largest absolute Gasteiger partial charge is 0.496 e. The summed E-state index contributed by atoms with van der Waals surface area (Å²) in [5, 5.41) is 3.62. The number of carbonyl (C=O) groups excluding carboxylic acids is 1. The van der Waals surface area contributed by atoms with Crippen LogP contribution in [-0.2, 0) is 4.74 Å². The SMILES string of the molecule is [2H]C([2H])([2H])Oc1cccc([C@H]2NCC[C@H]2N2CCN(C(=O)OC(C)(C)C)C3(CC3)C2)c1C. The lowest BCUT2D eigenvalue weighted by Gasteiger charge is -2.45. The van der Waals surface area contributed by atoms with E-state index in [2.05, 4.69) is 16.3 Å². The van der Waals surface area contributed by atoms with Crippen LogP contribution < -0.4 is 10.1 Å². The van der Waals surface area contributed by atoms with E-state index in [0.717, 1.165) is 50.0 Å². The fourth-order valence-electron chi connectivity index (χ4n) is 4.94. The van der Waals surface area contributed by atoms with Crippen molar-refractivity contribution in [2.45, 2.75) is 70.2 Å². The number of hydrogen-bond donors (Lipinski definition) is 1. The van der Waals surface area contributed by atoms with Gasteiger partial charge in [0.2, 0.25) is 0 Å². The highest BCUT2D eigenvalue weighted by molar-refractivity contribution is 5.70. The Bertz CT molecular complexity index is 864. The fourth-order valence-corrected chi connectivity index (χ4v) is 4.94. The van der Waals surface area contributed by atoms with Gasteiger partial charge in [-0.3, -0.25) is 9.80 Å². The van der Waals surface area contributed by atoms with Gasteiger partial charge in [-0.25, -0.2) is 4.79 Å². The van der Waals surface area contributed by atoms with Gasteiger partial charge in [0, 0.05) is 31.7 Å². The molecule has 1 saturated carbocycles. The van der Waals surface area contributed by atoms with Gasteiger partial charge < -0.3 is 14.8 Å². The van der Waals surface area contributed by atoms with E-state index in [4.69, 9.17) is 13.6 Å². The van der Waals surface area contributed by atoms with Gasteiger partial charge in [-0.15, -0.1) is 0 Å². The summed E-state index contributed by atoms with van der Waals surface area (Å²) in [5.74, 6) is 0.406. The lowest BCUT2D eigenvalue weighted by Crippen LogP contribution is -2.60. The number of benzene rings is 1. The average Bonchev–Trinajstić information content (AvgIpc) is 3.24. The van der Waals surface area contributed by atoms with Crippen molar-refractivity contribution in [3.8, 4) is 5.75 Å². The number of piperazine rings is 1. The van der Waals surface area contributed by atoms with Crippen molar-refractivity contribution >= 4 is 6.09 Å². The van der Waals surface area contributed by atoms with Crippen LogP contribution in [0.25, 0.3) is 0 Å². The molecule has 2 aliphatic heterocycles. The summed E-state index contributed by atoms with van der Waals surface area (Å²) in [6, 6.07) is 6.02. The van der Waals surface area contributed by atoms with E-state index in [1.165, 1.54) is 0 Å². The Hall–Kier alpha value is -1.79. The molecule has 1 aromatic carbocycles.